The summed E-state index contributed by atoms with van der Waals surface area (Å²) in [5.74, 6) is -1.06. The number of benzene rings is 4. The lowest BCUT2D eigenvalue weighted by atomic mass is 9.89. The second kappa shape index (κ2) is 7.48. The minimum atomic E-state index is -0.651. The van der Waals surface area contributed by atoms with Gasteiger partial charge in [0.1, 0.15) is 0 Å². The molecule has 29 heavy (non-hydrogen) atoms. The highest BCUT2D eigenvalue weighted by atomic mass is 16.2. The highest BCUT2D eigenvalue weighted by Crippen LogP contribution is 2.33. The first-order valence-corrected chi connectivity index (χ1v) is 9.12. The molecule has 4 aromatic rings. The maximum Gasteiger partial charge on any atom is 0.257 e. The van der Waals surface area contributed by atoms with Gasteiger partial charge in [0.15, 0.2) is 0 Å². The van der Waals surface area contributed by atoms with Gasteiger partial charge in [-0.2, -0.15) is 0 Å². The van der Waals surface area contributed by atoms with Gasteiger partial charge in [0.25, 0.3) is 5.91 Å². The van der Waals surface area contributed by atoms with E-state index in [0.717, 1.165) is 10.9 Å². The van der Waals surface area contributed by atoms with E-state index >= 15 is 0 Å². The Morgan fingerprint density at radius 3 is 2.10 bits per heavy atom. The quantitative estimate of drug-likeness (QED) is 0.456. The van der Waals surface area contributed by atoms with E-state index in [0.29, 0.717) is 22.3 Å². The van der Waals surface area contributed by atoms with Crippen molar-refractivity contribution in [2.45, 2.75) is 0 Å². The Morgan fingerprint density at radius 2 is 1.41 bits per heavy atom. The van der Waals surface area contributed by atoms with Gasteiger partial charge >= 0.3 is 0 Å². The van der Waals surface area contributed by atoms with Crippen molar-refractivity contribution < 1.29 is 9.59 Å². The van der Waals surface area contributed by atoms with E-state index in [1.54, 1.807) is 30.3 Å². The fourth-order valence-corrected chi connectivity index (χ4v) is 3.44. The van der Waals surface area contributed by atoms with Crippen LogP contribution in [-0.4, -0.2) is 11.8 Å². The van der Waals surface area contributed by atoms with E-state index in [2.05, 4.69) is 5.32 Å². The number of primary amides is 1. The summed E-state index contributed by atoms with van der Waals surface area (Å²) < 4.78 is 0. The third kappa shape index (κ3) is 3.53. The van der Waals surface area contributed by atoms with Crippen LogP contribution in [0.15, 0.2) is 84.9 Å². The number of hydrogen-bond donors (Lipinski definition) is 3. The molecule has 0 spiro atoms. The lowest BCUT2D eigenvalue weighted by Gasteiger charge is -2.17. The fourth-order valence-electron chi connectivity index (χ4n) is 3.44. The average molecular weight is 381 g/mol. The SMILES string of the molecule is NC(=O)c1c(C(=O)Nc2ccc(N)cc2)c(-c2ccccc2)cc2ccccc12. The smallest absolute Gasteiger partial charge is 0.257 e. The van der Waals surface area contributed by atoms with Crippen molar-refractivity contribution in [2.75, 3.05) is 11.1 Å². The summed E-state index contributed by atoms with van der Waals surface area (Å²) in [6, 6.07) is 25.6. The van der Waals surface area contributed by atoms with Gasteiger partial charge in [-0.3, -0.25) is 9.59 Å². The molecule has 5 nitrogen and oxygen atoms in total. The summed E-state index contributed by atoms with van der Waals surface area (Å²) in [6.07, 6.45) is 0. The maximum atomic E-state index is 13.3. The summed E-state index contributed by atoms with van der Waals surface area (Å²) >= 11 is 0. The number of carbonyl (C=O) groups is 2. The summed E-state index contributed by atoms with van der Waals surface area (Å²) in [4.78, 5) is 25.8. The molecule has 0 saturated heterocycles. The number of fused-ring (bicyclic) bond motifs is 1. The predicted molar refractivity (Wildman–Crippen MR) is 117 cm³/mol. The molecule has 5 N–H and O–H groups in total. The Balaban J connectivity index is 1.96. The molecule has 0 aliphatic heterocycles. The van der Waals surface area contributed by atoms with Crippen molar-refractivity contribution in [3.8, 4) is 11.1 Å². The Morgan fingerprint density at radius 1 is 0.759 bits per heavy atom. The molecule has 4 rings (SSSR count). The van der Waals surface area contributed by atoms with E-state index in [1.165, 1.54) is 0 Å². The molecule has 142 valence electrons. The van der Waals surface area contributed by atoms with Crippen molar-refractivity contribution >= 4 is 34.0 Å². The third-order valence-electron chi connectivity index (χ3n) is 4.78. The van der Waals surface area contributed by atoms with Crippen LogP contribution in [0.4, 0.5) is 11.4 Å². The van der Waals surface area contributed by atoms with Crippen LogP contribution < -0.4 is 16.8 Å². The number of hydrogen-bond acceptors (Lipinski definition) is 3. The van der Waals surface area contributed by atoms with E-state index < -0.39 is 11.8 Å². The lowest BCUT2D eigenvalue weighted by molar-refractivity contribution is 0.0979. The molecule has 0 aliphatic rings. The molecule has 0 unspecified atom stereocenters. The van der Waals surface area contributed by atoms with Gasteiger partial charge in [-0.1, -0.05) is 54.6 Å². The highest BCUT2D eigenvalue weighted by molar-refractivity contribution is 6.21. The van der Waals surface area contributed by atoms with Crippen LogP contribution in [0.1, 0.15) is 20.7 Å². The number of nitrogen functional groups attached to an aromatic ring is 1. The molecular weight excluding hydrogens is 362 g/mol. The molecule has 0 atom stereocenters. The zero-order valence-electron chi connectivity index (χ0n) is 15.6. The summed E-state index contributed by atoms with van der Waals surface area (Å²) in [5, 5.41) is 4.33. The van der Waals surface area contributed by atoms with Crippen LogP contribution in [0.25, 0.3) is 21.9 Å². The Kier molecular flexibility index (Phi) is 4.71. The molecule has 0 heterocycles. The predicted octanol–water partition coefficient (Wildman–Crippen LogP) is 4.44. The minimum absolute atomic E-state index is 0.204. The molecular formula is C24H19N3O2. The molecule has 0 radical (unpaired) electrons. The zero-order chi connectivity index (χ0) is 20.4. The number of anilines is 2. The second-order valence-corrected chi connectivity index (χ2v) is 6.70. The molecule has 0 aromatic heterocycles. The van der Waals surface area contributed by atoms with Crippen molar-refractivity contribution in [3.05, 3.63) is 96.1 Å². The van der Waals surface area contributed by atoms with Gasteiger partial charge in [-0.25, -0.2) is 0 Å². The molecule has 0 fully saturated rings. The monoisotopic (exact) mass is 381 g/mol. The van der Waals surface area contributed by atoms with Crippen LogP contribution in [0.5, 0.6) is 0 Å². The van der Waals surface area contributed by atoms with Crippen LogP contribution in [0.3, 0.4) is 0 Å². The Hall–Kier alpha value is -4.12. The number of rotatable bonds is 4. The lowest BCUT2D eigenvalue weighted by Crippen LogP contribution is -2.22. The zero-order valence-corrected chi connectivity index (χ0v) is 15.6. The highest BCUT2D eigenvalue weighted by Gasteiger charge is 2.23. The van der Waals surface area contributed by atoms with Crippen LogP contribution in [0, 0.1) is 0 Å². The minimum Gasteiger partial charge on any atom is -0.399 e. The maximum absolute atomic E-state index is 13.3. The Labute approximate surface area is 168 Å². The van der Waals surface area contributed by atoms with Crippen LogP contribution in [-0.2, 0) is 0 Å². The first kappa shape index (κ1) is 18.3. The van der Waals surface area contributed by atoms with Gasteiger partial charge in [-0.15, -0.1) is 0 Å². The summed E-state index contributed by atoms with van der Waals surface area (Å²) in [7, 11) is 0. The Bertz CT molecular complexity index is 1220. The number of nitrogens with one attached hydrogen (secondary N) is 1. The summed E-state index contributed by atoms with van der Waals surface area (Å²) in [5.41, 5.74) is 14.6. The summed E-state index contributed by atoms with van der Waals surface area (Å²) in [6.45, 7) is 0. The first-order valence-electron chi connectivity index (χ1n) is 9.12. The van der Waals surface area contributed by atoms with Gasteiger partial charge in [0.05, 0.1) is 11.1 Å². The fraction of sp³-hybridized carbons (Fsp3) is 0. The molecule has 0 saturated carbocycles. The van der Waals surface area contributed by atoms with E-state index in [1.807, 2.05) is 54.6 Å². The second-order valence-electron chi connectivity index (χ2n) is 6.70. The van der Waals surface area contributed by atoms with Gasteiger partial charge in [0.2, 0.25) is 5.91 Å². The van der Waals surface area contributed by atoms with Crippen LogP contribution in [0.2, 0.25) is 0 Å². The van der Waals surface area contributed by atoms with Crippen molar-refractivity contribution in [2.24, 2.45) is 5.73 Å². The van der Waals surface area contributed by atoms with E-state index in [4.69, 9.17) is 11.5 Å². The molecule has 0 bridgehead atoms. The number of nitrogens with two attached hydrogens (primary N) is 2. The third-order valence-corrected chi connectivity index (χ3v) is 4.78. The number of carbonyl (C=O) groups excluding carboxylic acids is 2. The van der Waals surface area contributed by atoms with Crippen molar-refractivity contribution in [1.82, 2.24) is 0 Å². The average Bonchev–Trinajstić information content (AvgIpc) is 2.74. The molecule has 5 heteroatoms. The standard InChI is InChI=1S/C24H19N3O2/c25-17-10-12-18(13-11-17)27-24(29)22-20(15-6-2-1-3-7-15)14-16-8-4-5-9-19(16)21(22)23(26)28/h1-14H,25H2,(H2,26,28)(H,27,29). The first-order chi connectivity index (χ1) is 14.0. The van der Waals surface area contributed by atoms with E-state index in [-0.39, 0.29) is 11.1 Å². The molecule has 0 aliphatic carbocycles. The van der Waals surface area contributed by atoms with Crippen molar-refractivity contribution in [3.63, 3.8) is 0 Å². The van der Waals surface area contributed by atoms with Gasteiger partial charge in [0, 0.05) is 11.4 Å². The number of amides is 2. The largest absolute Gasteiger partial charge is 0.399 e. The van der Waals surface area contributed by atoms with Crippen molar-refractivity contribution in [1.29, 1.82) is 0 Å². The normalized spacial score (nSPS) is 10.6. The van der Waals surface area contributed by atoms with Gasteiger partial charge in [-0.05, 0) is 52.2 Å². The molecule has 2 amide bonds. The van der Waals surface area contributed by atoms with Crippen LogP contribution >= 0.6 is 0 Å². The van der Waals surface area contributed by atoms with Gasteiger partial charge < -0.3 is 16.8 Å². The topological polar surface area (TPSA) is 98.2 Å². The molecule has 4 aromatic carbocycles. The van der Waals surface area contributed by atoms with E-state index in [9.17, 15) is 9.59 Å².